The summed E-state index contributed by atoms with van der Waals surface area (Å²) >= 11 is 0. The van der Waals surface area contributed by atoms with Gasteiger partial charge in [-0.2, -0.15) is 0 Å². The molecule has 0 saturated heterocycles. The first-order valence-corrected chi connectivity index (χ1v) is 7.97. The van der Waals surface area contributed by atoms with Crippen LogP contribution in [0.1, 0.15) is 51.5 Å². The second kappa shape index (κ2) is 7.12. The second-order valence-electron chi connectivity index (χ2n) is 6.76. The number of hydrogen-bond donors (Lipinski definition) is 1. The van der Waals surface area contributed by atoms with Gasteiger partial charge in [-0.25, -0.2) is 0 Å². The predicted molar refractivity (Wildman–Crippen MR) is 85.1 cm³/mol. The first kappa shape index (κ1) is 15.4. The maximum atomic E-state index is 5.19. The van der Waals surface area contributed by atoms with E-state index in [1.807, 2.05) is 12.1 Å². The standard InChI is InChI=1S/C18H29NO/c1-15(2)12-18(10-4-5-11-18)14-19-13-16-6-8-17(20-3)9-7-16/h6-9,15,19H,4-5,10-14H2,1-3H3. The van der Waals surface area contributed by atoms with Gasteiger partial charge >= 0.3 is 0 Å². The van der Waals surface area contributed by atoms with E-state index in [-0.39, 0.29) is 0 Å². The predicted octanol–water partition coefficient (Wildman–Crippen LogP) is 4.39. The third kappa shape index (κ3) is 4.24. The summed E-state index contributed by atoms with van der Waals surface area (Å²) in [7, 11) is 1.71. The molecule has 1 N–H and O–H groups in total. The van der Waals surface area contributed by atoms with E-state index < -0.39 is 0 Å². The largest absolute Gasteiger partial charge is 0.497 e. The van der Waals surface area contributed by atoms with Gasteiger partial charge in [-0.05, 0) is 48.3 Å². The van der Waals surface area contributed by atoms with Crippen molar-refractivity contribution < 1.29 is 4.74 Å². The van der Waals surface area contributed by atoms with Crippen molar-refractivity contribution in [1.82, 2.24) is 5.32 Å². The molecule has 2 heteroatoms. The Balaban J connectivity index is 1.83. The SMILES string of the molecule is COc1ccc(CNCC2(CC(C)C)CCCC2)cc1. The van der Waals surface area contributed by atoms with Crippen LogP contribution in [0, 0.1) is 11.3 Å². The summed E-state index contributed by atoms with van der Waals surface area (Å²) < 4.78 is 5.19. The molecule has 0 heterocycles. The molecule has 2 nitrogen and oxygen atoms in total. The number of benzene rings is 1. The van der Waals surface area contributed by atoms with Crippen molar-refractivity contribution in [2.45, 2.75) is 52.5 Å². The number of ether oxygens (including phenoxy) is 1. The molecule has 1 fully saturated rings. The fourth-order valence-electron chi connectivity index (χ4n) is 3.66. The van der Waals surface area contributed by atoms with E-state index in [1.165, 1.54) is 37.7 Å². The quantitative estimate of drug-likeness (QED) is 0.797. The van der Waals surface area contributed by atoms with Gasteiger partial charge in [-0.1, -0.05) is 38.8 Å². The van der Waals surface area contributed by atoms with Crippen molar-refractivity contribution in [3.05, 3.63) is 29.8 Å². The van der Waals surface area contributed by atoms with Gasteiger partial charge in [0, 0.05) is 13.1 Å². The number of rotatable bonds is 7. The summed E-state index contributed by atoms with van der Waals surface area (Å²) in [5.74, 6) is 1.73. The van der Waals surface area contributed by atoms with Gasteiger partial charge in [0.15, 0.2) is 0 Å². The Labute approximate surface area is 123 Å². The Morgan fingerprint density at radius 3 is 2.35 bits per heavy atom. The van der Waals surface area contributed by atoms with Crippen LogP contribution in [0.5, 0.6) is 5.75 Å². The first-order chi connectivity index (χ1) is 9.63. The molecule has 1 saturated carbocycles. The van der Waals surface area contributed by atoms with E-state index in [4.69, 9.17) is 4.74 Å². The lowest BCUT2D eigenvalue weighted by molar-refractivity contribution is 0.223. The van der Waals surface area contributed by atoms with Crippen molar-refractivity contribution in [3.63, 3.8) is 0 Å². The molecule has 20 heavy (non-hydrogen) atoms. The summed E-state index contributed by atoms with van der Waals surface area (Å²) in [6.07, 6.45) is 7.00. The lowest BCUT2D eigenvalue weighted by Gasteiger charge is -2.31. The molecule has 1 aliphatic carbocycles. The Bertz CT molecular complexity index is 390. The molecule has 0 aliphatic heterocycles. The van der Waals surface area contributed by atoms with Crippen LogP contribution in [-0.4, -0.2) is 13.7 Å². The molecule has 0 spiro atoms. The van der Waals surface area contributed by atoms with E-state index in [2.05, 4.69) is 31.3 Å². The van der Waals surface area contributed by atoms with Gasteiger partial charge in [-0.15, -0.1) is 0 Å². The zero-order valence-electron chi connectivity index (χ0n) is 13.2. The maximum Gasteiger partial charge on any atom is 0.118 e. The number of nitrogens with one attached hydrogen (secondary N) is 1. The van der Waals surface area contributed by atoms with Crippen molar-refractivity contribution in [3.8, 4) is 5.75 Å². The van der Waals surface area contributed by atoms with Gasteiger partial charge < -0.3 is 10.1 Å². The van der Waals surface area contributed by atoms with Gasteiger partial charge in [0.2, 0.25) is 0 Å². The van der Waals surface area contributed by atoms with Crippen LogP contribution in [0.4, 0.5) is 0 Å². The van der Waals surface area contributed by atoms with E-state index in [9.17, 15) is 0 Å². The third-order valence-electron chi connectivity index (χ3n) is 4.49. The Morgan fingerprint density at radius 2 is 1.80 bits per heavy atom. The minimum absolute atomic E-state index is 0.556. The summed E-state index contributed by atoms with van der Waals surface area (Å²) in [5.41, 5.74) is 1.89. The minimum Gasteiger partial charge on any atom is -0.497 e. The molecule has 0 amide bonds. The average molecular weight is 275 g/mol. The normalized spacial score (nSPS) is 17.6. The van der Waals surface area contributed by atoms with Gasteiger partial charge in [-0.3, -0.25) is 0 Å². The molecule has 1 aliphatic rings. The van der Waals surface area contributed by atoms with Gasteiger partial charge in [0.1, 0.15) is 5.75 Å². The summed E-state index contributed by atoms with van der Waals surface area (Å²) in [4.78, 5) is 0. The first-order valence-electron chi connectivity index (χ1n) is 7.97. The van der Waals surface area contributed by atoms with E-state index >= 15 is 0 Å². The molecular weight excluding hydrogens is 246 g/mol. The van der Waals surface area contributed by atoms with E-state index in [0.717, 1.165) is 24.8 Å². The van der Waals surface area contributed by atoms with E-state index in [1.54, 1.807) is 7.11 Å². The average Bonchev–Trinajstić information content (AvgIpc) is 2.87. The molecule has 112 valence electrons. The zero-order chi connectivity index (χ0) is 14.4. The highest BCUT2D eigenvalue weighted by molar-refractivity contribution is 5.27. The molecule has 0 aromatic heterocycles. The summed E-state index contributed by atoms with van der Waals surface area (Å²) in [5, 5.41) is 3.69. The molecule has 0 unspecified atom stereocenters. The number of hydrogen-bond acceptors (Lipinski definition) is 2. The topological polar surface area (TPSA) is 21.3 Å². The zero-order valence-corrected chi connectivity index (χ0v) is 13.2. The monoisotopic (exact) mass is 275 g/mol. The van der Waals surface area contributed by atoms with Crippen molar-refractivity contribution >= 4 is 0 Å². The maximum absolute atomic E-state index is 5.19. The van der Waals surface area contributed by atoms with Crippen molar-refractivity contribution in [2.24, 2.45) is 11.3 Å². The molecule has 1 aromatic carbocycles. The lowest BCUT2D eigenvalue weighted by atomic mass is 9.78. The van der Waals surface area contributed by atoms with Crippen molar-refractivity contribution in [1.29, 1.82) is 0 Å². The third-order valence-corrected chi connectivity index (χ3v) is 4.49. The molecule has 0 radical (unpaired) electrons. The molecule has 0 bridgehead atoms. The van der Waals surface area contributed by atoms with Crippen LogP contribution in [0.3, 0.4) is 0 Å². The summed E-state index contributed by atoms with van der Waals surface area (Å²) in [6, 6.07) is 8.37. The minimum atomic E-state index is 0.556. The Kier molecular flexibility index (Phi) is 5.47. The highest BCUT2D eigenvalue weighted by Gasteiger charge is 2.33. The van der Waals surface area contributed by atoms with Crippen LogP contribution in [0.2, 0.25) is 0 Å². The Hall–Kier alpha value is -1.02. The van der Waals surface area contributed by atoms with Crippen LogP contribution in [-0.2, 0) is 6.54 Å². The fourth-order valence-corrected chi connectivity index (χ4v) is 3.66. The molecular formula is C18H29NO. The second-order valence-corrected chi connectivity index (χ2v) is 6.76. The number of methoxy groups -OCH3 is 1. The van der Waals surface area contributed by atoms with Crippen LogP contribution >= 0.6 is 0 Å². The van der Waals surface area contributed by atoms with Gasteiger partial charge in [0.25, 0.3) is 0 Å². The van der Waals surface area contributed by atoms with E-state index in [0.29, 0.717) is 5.41 Å². The van der Waals surface area contributed by atoms with Crippen LogP contribution in [0.15, 0.2) is 24.3 Å². The molecule has 2 rings (SSSR count). The van der Waals surface area contributed by atoms with Gasteiger partial charge in [0.05, 0.1) is 7.11 Å². The molecule has 0 atom stereocenters. The fraction of sp³-hybridized carbons (Fsp3) is 0.667. The van der Waals surface area contributed by atoms with Crippen LogP contribution < -0.4 is 10.1 Å². The highest BCUT2D eigenvalue weighted by Crippen LogP contribution is 2.42. The highest BCUT2D eigenvalue weighted by atomic mass is 16.5. The molecule has 1 aromatic rings. The lowest BCUT2D eigenvalue weighted by Crippen LogP contribution is -2.33. The van der Waals surface area contributed by atoms with Crippen LogP contribution in [0.25, 0.3) is 0 Å². The smallest absolute Gasteiger partial charge is 0.118 e. The summed E-state index contributed by atoms with van der Waals surface area (Å²) in [6.45, 7) is 6.83. The Morgan fingerprint density at radius 1 is 1.15 bits per heavy atom. The van der Waals surface area contributed by atoms with Crippen molar-refractivity contribution in [2.75, 3.05) is 13.7 Å².